The van der Waals surface area contributed by atoms with E-state index in [0.29, 0.717) is 42.8 Å². The molecule has 2 aromatic rings. The zero-order chi connectivity index (χ0) is 27.3. The Morgan fingerprint density at radius 3 is 2.41 bits per heavy atom. The Balaban J connectivity index is 2.04. The van der Waals surface area contributed by atoms with Crippen LogP contribution in [0.1, 0.15) is 68.9 Å². The summed E-state index contributed by atoms with van der Waals surface area (Å²) in [6.07, 6.45) is 7.33. The quantitative estimate of drug-likeness (QED) is 0.322. The van der Waals surface area contributed by atoms with Gasteiger partial charge in [0, 0.05) is 43.4 Å². The fraction of sp³-hybridized carbons (Fsp3) is 0.387. The number of hydrogen-bond acceptors (Lipinski definition) is 2. The minimum Gasteiger partial charge on any atom is -0.340 e. The van der Waals surface area contributed by atoms with Crippen LogP contribution in [-0.2, 0) is 23.7 Å². The minimum absolute atomic E-state index is 0.0233. The maximum Gasteiger partial charge on any atom is 0.270 e. The monoisotopic (exact) mass is 510 g/mol. The summed E-state index contributed by atoms with van der Waals surface area (Å²) in [7, 11) is 0. The molecule has 1 heterocycles. The van der Waals surface area contributed by atoms with Crippen LogP contribution < -0.4 is 0 Å². The van der Waals surface area contributed by atoms with Gasteiger partial charge in [-0.15, -0.1) is 0 Å². The van der Waals surface area contributed by atoms with Crippen molar-refractivity contribution in [1.82, 2.24) is 9.80 Å². The molecule has 0 saturated carbocycles. The molecule has 3 rings (SSSR count). The van der Waals surface area contributed by atoms with Gasteiger partial charge in [0.05, 0.1) is 5.70 Å². The molecule has 0 unspecified atom stereocenters. The van der Waals surface area contributed by atoms with Crippen molar-refractivity contribution in [3.05, 3.63) is 99.5 Å². The molecule has 0 saturated heterocycles. The lowest BCUT2D eigenvalue weighted by molar-refractivity contribution is -0.127. The zero-order valence-corrected chi connectivity index (χ0v) is 22.7. The van der Waals surface area contributed by atoms with Crippen LogP contribution in [0.3, 0.4) is 0 Å². The smallest absolute Gasteiger partial charge is 0.270 e. The first kappa shape index (κ1) is 28.3. The highest BCUT2D eigenvalue weighted by Crippen LogP contribution is 2.33. The van der Waals surface area contributed by atoms with Crippen molar-refractivity contribution in [2.24, 2.45) is 0 Å². The standard InChI is InChI=1S/C31H37F3N2O/c1-7-24-19-23(13-15-27(24)31(6,33)34)20-35(9-3)30(37)22(5)29(25-14-16-28(32)21(4)18-25)36-17-11-10-12-26(36)8-2/h10-16,18-19H,7-9,17,20H2,1-6H3/b29-22+. The molecule has 1 aliphatic heterocycles. The molecule has 0 aromatic heterocycles. The van der Waals surface area contributed by atoms with Crippen LogP contribution in [0.4, 0.5) is 13.2 Å². The molecule has 0 radical (unpaired) electrons. The van der Waals surface area contributed by atoms with Crippen molar-refractivity contribution in [1.29, 1.82) is 0 Å². The van der Waals surface area contributed by atoms with Gasteiger partial charge in [0.2, 0.25) is 0 Å². The molecule has 0 aliphatic carbocycles. The maximum atomic E-state index is 14.1. The highest BCUT2D eigenvalue weighted by Gasteiger charge is 2.28. The third-order valence-electron chi connectivity index (χ3n) is 6.86. The number of carbonyl (C=O) groups excluding carboxylic acids is 1. The third-order valence-corrected chi connectivity index (χ3v) is 6.86. The summed E-state index contributed by atoms with van der Waals surface area (Å²) >= 11 is 0. The highest BCUT2D eigenvalue weighted by molar-refractivity contribution is 6.00. The topological polar surface area (TPSA) is 23.6 Å². The van der Waals surface area contributed by atoms with Crippen LogP contribution in [0.5, 0.6) is 0 Å². The fourth-order valence-electron chi connectivity index (χ4n) is 4.82. The molecule has 6 heteroatoms. The van der Waals surface area contributed by atoms with E-state index >= 15 is 0 Å². The summed E-state index contributed by atoms with van der Waals surface area (Å²) in [5.41, 5.74) is 5.07. The number of aryl methyl sites for hydroxylation is 2. The van der Waals surface area contributed by atoms with E-state index in [1.807, 2.05) is 39.0 Å². The van der Waals surface area contributed by atoms with Crippen LogP contribution in [0.2, 0.25) is 0 Å². The van der Waals surface area contributed by atoms with E-state index in [4.69, 9.17) is 0 Å². The number of likely N-dealkylation sites (N-methyl/N-ethyl adjacent to an activating group) is 1. The van der Waals surface area contributed by atoms with Crippen LogP contribution in [-0.4, -0.2) is 28.8 Å². The summed E-state index contributed by atoms with van der Waals surface area (Å²) in [5.74, 6) is -3.36. The molecule has 1 amide bonds. The van der Waals surface area contributed by atoms with E-state index in [-0.39, 0.29) is 17.3 Å². The van der Waals surface area contributed by atoms with Crippen LogP contribution in [0.25, 0.3) is 5.70 Å². The predicted molar refractivity (Wildman–Crippen MR) is 144 cm³/mol. The average Bonchev–Trinajstić information content (AvgIpc) is 2.88. The Hall–Kier alpha value is -3.28. The van der Waals surface area contributed by atoms with Gasteiger partial charge in [-0.2, -0.15) is 0 Å². The van der Waals surface area contributed by atoms with Crippen molar-refractivity contribution >= 4 is 11.6 Å². The SMILES string of the molecule is CCC1=CC=CCN1/C(=C(\C)C(=O)N(CC)Cc1ccc(C(C)(F)F)c(CC)c1)c1ccc(F)c(C)c1. The van der Waals surface area contributed by atoms with Gasteiger partial charge in [-0.3, -0.25) is 4.79 Å². The molecule has 2 aromatic carbocycles. The molecule has 0 spiro atoms. The van der Waals surface area contributed by atoms with E-state index in [9.17, 15) is 18.0 Å². The Kier molecular flexibility index (Phi) is 9.06. The molecular formula is C31H37F3N2O. The van der Waals surface area contributed by atoms with E-state index in [1.165, 1.54) is 12.1 Å². The van der Waals surface area contributed by atoms with Crippen molar-refractivity contribution in [2.75, 3.05) is 13.1 Å². The Morgan fingerprint density at radius 1 is 1.08 bits per heavy atom. The van der Waals surface area contributed by atoms with Gasteiger partial charge in [0.15, 0.2) is 0 Å². The highest BCUT2D eigenvalue weighted by atomic mass is 19.3. The van der Waals surface area contributed by atoms with Crippen LogP contribution in [0.15, 0.2) is 65.9 Å². The van der Waals surface area contributed by atoms with Gasteiger partial charge in [0.25, 0.3) is 11.8 Å². The molecule has 37 heavy (non-hydrogen) atoms. The molecule has 0 atom stereocenters. The van der Waals surface area contributed by atoms with E-state index < -0.39 is 5.92 Å². The fourth-order valence-corrected chi connectivity index (χ4v) is 4.82. The lowest BCUT2D eigenvalue weighted by atomic mass is 9.97. The number of allylic oxidation sites excluding steroid dienone is 3. The van der Waals surface area contributed by atoms with Gasteiger partial charge in [-0.1, -0.05) is 44.2 Å². The maximum absolute atomic E-state index is 14.1. The summed E-state index contributed by atoms with van der Waals surface area (Å²) in [6, 6.07) is 9.86. The predicted octanol–water partition coefficient (Wildman–Crippen LogP) is 7.75. The molecule has 3 nitrogen and oxygen atoms in total. The number of benzene rings is 2. The molecule has 198 valence electrons. The third kappa shape index (κ3) is 6.35. The van der Waals surface area contributed by atoms with Gasteiger partial charge in [-0.25, -0.2) is 13.2 Å². The number of halogens is 3. The average molecular weight is 511 g/mol. The number of hydrogen-bond donors (Lipinski definition) is 0. The van der Waals surface area contributed by atoms with Crippen LogP contribution >= 0.6 is 0 Å². The second-order valence-electron chi connectivity index (χ2n) is 9.54. The van der Waals surface area contributed by atoms with Crippen molar-refractivity contribution in [2.45, 2.75) is 66.9 Å². The first-order valence-corrected chi connectivity index (χ1v) is 12.9. The summed E-state index contributed by atoms with van der Waals surface area (Å²) in [4.78, 5) is 17.7. The van der Waals surface area contributed by atoms with Crippen molar-refractivity contribution < 1.29 is 18.0 Å². The summed E-state index contributed by atoms with van der Waals surface area (Å²) in [5, 5.41) is 0. The largest absolute Gasteiger partial charge is 0.340 e. The van der Waals surface area contributed by atoms with E-state index in [1.54, 1.807) is 36.1 Å². The number of rotatable bonds is 9. The Bertz CT molecular complexity index is 1240. The number of amides is 1. The molecule has 0 fully saturated rings. The Labute approximate surface area is 219 Å². The van der Waals surface area contributed by atoms with Gasteiger partial charge in [-0.05, 0) is 80.1 Å². The second kappa shape index (κ2) is 11.8. The molecule has 0 bridgehead atoms. The Morgan fingerprint density at radius 2 is 1.81 bits per heavy atom. The van der Waals surface area contributed by atoms with Gasteiger partial charge < -0.3 is 9.80 Å². The van der Waals surface area contributed by atoms with E-state index in [0.717, 1.165) is 35.9 Å². The lowest BCUT2D eigenvalue weighted by Gasteiger charge is -2.33. The van der Waals surface area contributed by atoms with Gasteiger partial charge >= 0.3 is 0 Å². The van der Waals surface area contributed by atoms with E-state index in [2.05, 4.69) is 11.8 Å². The number of alkyl halides is 2. The molecule has 1 aliphatic rings. The first-order valence-electron chi connectivity index (χ1n) is 12.9. The summed E-state index contributed by atoms with van der Waals surface area (Å²) in [6.45, 7) is 11.6. The molecular weight excluding hydrogens is 473 g/mol. The number of nitrogens with zero attached hydrogens (tertiary/aromatic N) is 2. The minimum atomic E-state index is -2.92. The van der Waals surface area contributed by atoms with Crippen molar-refractivity contribution in [3.63, 3.8) is 0 Å². The zero-order valence-electron chi connectivity index (χ0n) is 22.7. The summed E-state index contributed by atoms with van der Waals surface area (Å²) < 4.78 is 42.2. The number of carbonyl (C=O) groups is 1. The first-order chi connectivity index (χ1) is 17.5. The lowest BCUT2D eigenvalue weighted by Crippen LogP contribution is -2.33. The van der Waals surface area contributed by atoms with Crippen LogP contribution in [0, 0.1) is 12.7 Å². The van der Waals surface area contributed by atoms with Crippen molar-refractivity contribution in [3.8, 4) is 0 Å². The molecule has 0 N–H and O–H groups in total. The second-order valence-corrected chi connectivity index (χ2v) is 9.54. The normalized spacial score (nSPS) is 14.4. The van der Waals surface area contributed by atoms with Gasteiger partial charge in [0.1, 0.15) is 5.82 Å².